The smallest absolute Gasteiger partial charge is 0.336 e. The van der Waals surface area contributed by atoms with Crippen LogP contribution in [0, 0.1) is 6.92 Å². The summed E-state index contributed by atoms with van der Waals surface area (Å²) in [6, 6.07) is 2.52. The van der Waals surface area contributed by atoms with Gasteiger partial charge in [0.05, 0.1) is 10.5 Å². The Morgan fingerprint density at radius 1 is 1.52 bits per heavy atom. The molecular formula is C14H16ClNO4S. The predicted molar refractivity (Wildman–Crippen MR) is 80.3 cm³/mol. The Labute approximate surface area is 128 Å². The van der Waals surface area contributed by atoms with Gasteiger partial charge < -0.3 is 5.11 Å². The summed E-state index contributed by atoms with van der Waals surface area (Å²) in [6.07, 6.45) is 3.13. The molecule has 0 aromatic heterocycles. The van der Waals surface area contributed by atoms with Crippen LogP contribution in [0.1, 0.15) is 28.8 Å². The highest BCUT2D eigenvalue weighted by Gasteiger charge is 2.38. The van der Waals surface area contributed by atoms with Gasteiger partial charge in [-0.2, -0.15) is 4.31 Å². The van der Waals surface area contributed by atoms with Gasteiger partial charge in [-0.25, -0.2) is 13.2 Å². The molecule has 2 rings (SSSR count). The van der Waals surface area contributed by atoms with E-state index in [2.05, 4.69) is 6.58 Å². The number of carboxylic acids is 1. The van der Waals surface area contributed by atoms with Crippen LogP contribution >= 0.6 is 11.6 Å². The van der Waals surface area contributed by atoms with Gasteiger partial charge in [0.15, 0.2) is 0 Å². The van der Waals surface area contributed by atoms with E-state index in [1.807, 2.05) is 0 Å². The maximum atomic E-state index is 12.8. The summed E-state index contributed by atoms with van der Waals surface area (Å²) >= 11 is 5.88. The molecule has 1 aliphatic carbocycles. The van der Waals surface area contributed by atoms with Gasteiger partial charge in [-0.05, 0) is 37.5 Å². The van der Waals surface area contributed by atoms with E-state index in [0.29, 0.717) is 0 Å². The largest absolute Gasteiger partial charge is 0.478 e. The lowest BCUT2D eigenvalue weighted by molar-refractivity contribution is 0.0696. The van der Waals surface area contributed by atoms with E-state index in [9.17, 15) is 13.2 Å². The van der Waals surface area contributed by atoms with Crippen LogP contribution in [0.5, 0.6) is 0 Å². The molecule has 114 valence electrons. The molecule has 1 aromatic carbocycles. The molecule has 1 aromatic rings. The second kappa shape index (κ2) is 5.79. The van der Waals surface area contributed by atoms with Crippen molar-refractivity contribution in [1.29, 1.82) is 0 Å². The Balaban J connectivity index is 2.58. The van der Waals surface area contributed by atoms with Gasteiger partial charge in [-0.15, -0.1) is 6.58 Å². The topological polar surface area (TPSA) is 74.7 Å². The molecule has 0 spiro atoms. The van der Waals surface area contributed by atoms with Crippen LogP contribution in [-0.4, -0.2) is 36.4 Å². The van der Waals surface area contributed by atoms with Crippen LogP contribution in [0.25, 0.3) is 0 Å². The number of rotatable bonds is 6. The van der Waals surface area contributed by atoms with Gasteiger partial charge in [0.25, 0.3) is 0 Å². The standard InChI is InChI=1S/C14H16ClNO4S/c1-3-6-16(11-4-5-11)21(19,20)13-8-10(15)7-12(9(13)2)14(17)18/h3,7-8,11H,1,4-6H2,2H3,(H,17,18). The average molecular weight is 330 g/mol. The summed E-state index contributed by atoms with van der Waals surface area (Å²) in [5.41, 5.74) is 0.0945. The van der Waals surface area contributed by atoms with Crippen molar-refractivity contribution in [3.63, 3.8) is 0 Å². The number of sulfonamides is 1. The molecule has 0 amide bonds. The van der Waals surface area contributed by atoms with E-state index in [1.54, 1.807) is 0 Å². The number of hydrogen-bond acceptors (Lipinski definition) is 3. The van der Waals surface area contributed by atoms with Gasteiger partial charge in [0, 0.05) is 17.6 Å². The van der Waals surface area contributed by atoms with E-state index in [-0.39, 0.29) is 33.6 Å². The number of halogens is 1. The molecule has 0 bridgehead atoms. The Morgan fingerprint density at radius 2 is 2.14 bits per heavy atom. The number of carbonyl (C=O) groups is 1. The van der Waals surface area contributed by atoms with E-state index >= 15 is 0 Å². The van der Waals surface area contributed by atoms with Crippen molar-refractivity contribution < 1.29 is 18.3 Å². The Morgan fingerprint density at radius 3 is 2.62 bits per heavy atom. The van der Waals surface area contributed by atoms with Crippen LogP contribution in [0.3, 0.4) is 0 Å². The highest BCUT2D eigenvalue weighted by Crippen LogP contribution is 2.34. The Bertz CT molecular complexity index is 695. The Hall–Kier alpha value is -1.37. The van der Waals surface area contributed by atoms with Crippen LogP contribution in [0.4, 0.5) is 0 Å². The fraction of sp³-hybridized carbons (Fsp3) is 0.357. The van der Waals surface area contributed by atoms with E-state index in [0.717, 1.165) is 12.8 Å². The van der Waals surface area contributed by atoms with Crippen LogP contribution in [0.2, 0.25) is 5.02 Å². The minimum Gasteiger partial charge on any atom is -0.478 e. The van der Waals surface area contributed by atoms with Crippen molar-refractivity contribution >= 4 is 27.6 Å². The van der Waals surface area contributed by atoms with E-state index < -0.39 is 16.0 Å². The van der Waals surface area contributed by atoms with Crippen LogP contribution in [-0.2, 0) is 10.0 Å². The van der Waals surface area contributed by atoms with E-state index in [4.69, 9.17) is 16.7 Å². The molecule has 21 heavy (non-hydrogen) atoms. The van der Waals surface area contributed by atoms with Gasteiger partial charge >= 0.3 is 5.97 Å². The zero-order chi connectivity index (χ0) is 15.8. The lowest BCUT2D eigenvalue weighted by Gasteiger charge is -2.22. The van der Waals surface area contributed by atoms with Crippen LogP contribution < -0.4 is 0 Å². The molecule has 1 N–H and O–H groups in total. The molecule has 0 aliphatic heterocycles. The zero-order valence-corrected chi connectivity index (χ0v) is 13.1. The highest BCUT2D eigenvalue weighted by atomic mass is 35.5. The Kier molecular flexibility index (Phi) is 4.41. The molecule has 1 fully saturated rings. The summed E-state index contributed by atoms with van der Waals surface area (Å²) in [6.45, 7) is 5.25. The van der Waals surface area contributed by atoms with Gasteiger partial charge in [0.1, 0.15) is 0 Å². The first-order valence-electron chi connectivity index (χ1n) is 6.45. The third-order valence-corrected chi connectivity index (χ3v) is 5.67. The summed E-state index contributed by atoms with van der Waals surface area (Å²) < 4.78 is 26.9. The van der Waals surface area contributed by atoms with Crippen molar-refractivity contribution in [3.8, 4) is 0 Å². The second-order valence-electron chi connectivity index (χ2n) is 4.98. The lowest BCUT2D eigenvalue weighted by atomic mass is 10.1. The van der Waals surface area contributed by atoms with Gasteiger partial charge in [0.2, 0.25) is 10.0 Å². The lowest BCUT2D eigenvalue weighted by Crippen LogP contribution is -2.34. The maximum Gasteiger partial charge on any atom is 0.336 e. The van der Waals surface area contributed by atoms with Crippen molar-refractivity contribution in [1.82, 2.24) is 4.31 Å². The summed E-state index contributed by atoms with van der Waals surface area (Å²) in [5, 5.41) is 9.25. The van der Waals surface area contributed by atoms with E-state index in [1.165, 1.54) is 29.4 Å². The number of hydrogen-bond donors (Lipinski definition) is 1. The second-order valence-corrected chi connectivity index (χ2v) is 7.27. The number of benzene rings is 1. The molecule has 7 heteroatoms. The molecule has 0 radical (unpaired) electrons. The summed E-state index contributed by atoms with van der Waals surface area (Å²) in [7, 11) is -3.79. The fourth-order valence-corrected chi connectivity index (χ4v) is 4.42. The van der Waals surface area contributed by atoms with Crippen molar-refractivity contribution in [2.75, 3.05) is 6.54 Å². The molecule has 0 saturated heterocycles. The predicted octanol–water partition coefficient (Wildman–Crippen LogP) is 2.69. The third-order valence-electron chi connectivity index (χ3n) is 3.41. The molecule has 1 aliphatic rings. The van der Waals surface area contributed by atoms with Gasteiger partial charge in [-0.3, -0.25) is 0 Å². The minimum absolute atomic E-state index is 0.0420. The number of carboxylic acid groups (broad SMARTS) is 1. The quantitative estimate of drug-likeness (QED) is 0.814. The molecule has 0 atom stereocenters. The zero-order valence-electron chi connectivity index (χ0n) is 11.5. The third kappa shape index (κ3) is 3.12. The van der Waals surface area contributed by atoms with Crippen molar-refractivity contribution in [3.05, 3.63) is 40.9 Å². The first kappa shape index (κ1) is 16.0. The van der Waals surface area contributed by atoms with Gasteiger partial charge in [-0.1, -0.05) is 17.7 Å². The average Bonchev–Trinajstić information content (AvgIpc) is 3.21. The monoisotopic (exact) mass is 329 g/mol. The highest BCUT2D eigenvalue weighted by molar-refractivity contribution is 7.89. The summed E-state index contributed by atoms with van der Waals surface area (Å²) in [5.74, 6) is -1.20. The molecular weight excluding hydrogens is 314 g/mol. The first-order valence-corrected chi connectivity index (χ1v) is 8.27. The SMILES string of the molecule is C=CCN(C1CC1)S(=O)(=O)c1cc(Cl)cc(C(=O)O)c1C. The van der Waals surface area contributed by atoms with Crippen molar-refractivity contribution in [2.24, 2.45) is 0 Å². The molecule has 1 saturated carbocycles. The van der Waals surface area contributed by atoms with Crippen molar-refractivity contribution in [2.45, 2.75) is 30.7 Å². The summed E-state index contributed by atoms with van der Waals surface area (Å²) in [4.78, 5) is 11.2. The molecule has 5 nitrogen and oxygen atoms in total. The number of aromatic carboxylic acids is 1. The number of nitrogens with zero attached hydrogens (tertiary/aromatic N) is 1. The normalized spacial score (nSPS) is 15.2. The van der Waals surface area contributed by atoms with Crippen LogP contribution in [0.15, 0.2) is 29.7 Å². The molecule has 0 heterocycles. The fourth-order valence-electron chi connectivity index (χ4n) is 2.20. The molecule has 0 unspecified atom stereocenters. The maximum absolute atomic E-state index is 12.8. The first-order chi connectivity index (χ1) is 9.78. The minimum atomic E-state index is -3.79.